The third-order valence-corrected chi connectivity index (χ3v) is 4.67. The number of halogens is 2. The average molecular weight is 293 g/mol. The lowest BCUT2D eigenvalue weighted by molar-refractivity contribution is 0.511. The maximum atomic E-state index is 13.5. The largest absolute Gasteiger partial charge is 0.329 e. The number of hydrogen-bond donors (Lipinski definition) is 2. The summed E-state index contributed by atoms with van der Waals surface area (Å²) in [6.45, 7) is 0.200. The fourth-order valence-corrected chi connectivity index (χ4v) is 3.44. The molecule has 0 aromatic heterocycles. The normalized spacial score (nSPS) is 17.7. The van der Waals surface area contributed by atoms with Crippen molar-refractivity contribution >= 4 is 21.6 Å². The Morgan fingerprint density at radius 1 is 1.50 bits per heavy atom. The van der Waals surface area contributed by atoms with Gasteiger partial charge in [0.25, 0.3) is 0 Å². The second-order valence-corrected chi connectivity index (χ2v) is 6.49. The van der Waals surface area contributed by atoms with Crippen molar-refractivity contribution in [2.45, 2.75) is 23.8 Å². The van der Waals surface area contributed by atoms with Gasteiger partial charge < -0.3 is 5.73 Å². The van der Waals surface area contributed by atoms with Crippen molar-refractivity contribution in [3.8, 4) is 0 Å². The molecule has 1 saturated carbocycles. The molecule has 1 aliphatic carbocycles. The van der Waals surface area contributed by atoms with Gasteiger partial charge in [-0.25, -0.2) is 17.5 Å². The van der Waals surface area contributed by atoms with Gasteiger partial charge in [-0.3, -0.25) is 0 Å². The highest BCUT2D eigenvalue weighted by Crippen LogP contribution is 2.33. The predicted molar refractivity (Wildman–Crippen MR) is 67.3 cm³/mol. The Balaban J connectivity index is 2.26. The summed E-state index contributed by atoms with van der Waals surface area (Å²) in [5.41, 5.74) is 5.52. The Bertz CT molecular complexity index is 546. The minimum absolute atomic E-state index is 0.174. The van der Waals surface area contributed by atoms with Gasteiger partial charge in [-0.05, 0) is 37.0 Å². The van der Waals surface area contributed by atoms with Crippen molar-refractivity contribution in [2.24, 2.45) is 11.7 Å². The zero-order valence-corrected chi connectivity index (χ0v) is 11.1. The zero-order valence-electron chi connectivity index (χ0n) is 9.57. The van der Waals surface area contributed by atoms with E-state index in [0.29, 0.717) is 0 Å². The van der Waals surface area contributed by atoms with Crippen LogP contribution in [0.1, 0.15) is 12.8 Å². The molecule has 0 saturated heterocycles. The summed E-state index contributed by atoms with van der Waals surface area (Å²) in [7, 11) is -3.92. The monoisotopic (exact) mass is 292 g/mol. The molecule has 7 heteroatoms. The smallest absolute Gasteiger partial charge is 0.243 e. The molecule has 1 atom stereocenters. The predicted octanol–water partition coefficient (Wildman–Crippen LogP) is 1.49. The molecule has 0 heterocycles. The number of hydrogen-bond acceptors (Lipinski definition) is 3. The molecular formula is C11H14ClFN2O2S. The maximum Gasteiger partial charge on any atom is 0.243 e. The van der Waals surface area contributed by atoms with Crippen LogP contribution in [0.25, 0.3) is 0 Å². The van der Waals surface area contributed by atoms with E-state index >= 15 is 0 Å². The summed E-state index contributed by atoms with van der Waals surface area (Å²) >= 11 is 5.68. The van der Waals surface area contributed by atoms with Gasteiger partial charge in [-0.15, -0.1) is 0 Å². The van der Waals surface area contributed by atoms with Crippen LogP contribution in [0.5, 0.6) is 0 Å². The van der Waals surface area contributed by atoms with Crippen LogP contribution in [0.15, 0.2) is 23.1 Å². The van der Waals surface area contributed by atoms with Gasteiger partial charge in [0.1, 0.15) is 10.7 Å². The van der Waals surface area contributed by atoms with Crippen molar-refractivity contribution in [3.63, 3.8) is 0 Å². The quantitative estimate of drug-likeness (QED) is 0.864. The zero-order chi connectivity index (χ0) is 13.3. The Morgan fingerprint density at radius 2 is 2.17 bits per heavy atom. The lowest BCUT2D eigenvalue weighted by Gasteiger charge is -2.16. The van der Waals surface area contributed by atoms with E-state index in [0.717, 1.165) is 25.0 Å². The molecule has 0 bridgehead atoms. The van der Waals surface area contributed by atoms with E-state index < -0.39 is 20.7 Å². The third kappa shape index (κ3) is 3.00. The molecule has 0 amide bonds. The summed E-state index contributed by atoms with van der Waals surface area (Å²) in [5, 5.41) is 0.174. The first-order valence-corrected chi connectivity index (χ1v) is 7.47. The number of benzene rings is 1. The van der Waals surface area contributed by atoms with E-state index in [1.54, 1.807) is 0 Å². The summed E-state index contributed by atoms with van der Waals surface area (Å²) in [6, 6.07) is 3.09. The van der Waals surface area contributed by atoms with Crippen LogP contribution in [0.2, 0.25) is 5.02 Å². The molecule has 0 radical (unpaired) electrons. The van der Waals surface area contributed by atoms with Crippen molar-refractivity contribution in [3.05, 3.63) is 29.0 Å². The molecule has 1 fully saturated rings. The second-order valence-electron chi connectivity index (χ2n) is 4.38. The molecule has 0 aliphatic heterocycles. The first-order chi connectivity index (χ1) is 8.44. The third-order valence-electron chi connectivity index (χ3n) is 2.93. The lowest BCUT2D eigenvalue weighted by atomic mass is 10.2. The van der Waals surface area contributed by atoms with Gasteiger partial charge in [0.2, 0.25) is 10.0 Å². The van der Waals surface area contributed by atoms with Crippen LogP contribution in [0.4, 0.5) is 4.39 Å². The second kappa shape index (κ2) is 5.13. The van der Waals surface area contributed by atoms with Crippen LogP contribution in [-0.4, -0.2) is 21.0 Å². The highest BCUT2D eigenvalue weighted by atomic mass is 35.5. The molecular weight excluding hydrogens is 279 g/mol. The first kappa shape index (κ1) is 13.7. The molecule has 0 spiro atoms. The lowest BCUT2D eigenvalue weighted by Crippen LogP contribution is -2.41. The Labute approximate surface area is 110 Å². The molecule has 100 valence electrons. The van der Waals surface area contributed by atoms with Crippen molar-refractivity contribution in [2.75, 3.05) is 6.54 Å². The number of nitrogens with two attached hydrogens (primary N) is 1. The highest BCUT2D eigenvalue weighted by Gasteiger charge is 2.34. The summed E-state index contributed by atoms with van der Waals surface area (Å²) in [6.07, 6.45) is 1.89. The van der Waals surface area contributed by atoms with Gasteiger partial charge in [0.15, 0.2) is 0 Å². The molecule has 3 N–H and O–H groups in total. The minimum Gasteiger partial charge on any atom is -0.329 e. The van der Waals surface area contributed by atoms with Crippen LogP contribution >= 0.6 is 11.6 Å². The SMILES string of the molecule is NCC(NS(=O)(=O)c1cc(Cl)ccc1F)C1CC1. The van der Waals surface area contributed by atoms with E-state index in [1.807, 2.05) is 0 Å². The molecule has 1 aromatic carbocycles. The fraction of sp³-hybridized carbons (Fsp3) is 0.455. The molecule has 1 aromatic rings. The van der Waals surface area contributed by atoms with E-state index in [1.165, 1.54) is 6.07 Å². The van der Waals surface area contributed by atoms with Crippen LogP contribution in [-0.2, 0) is 10.0 Å². The van der Waals surface area contributed by atoms with Gasteiger partial charge >= 0.3 is 0 Å². The molecule has 18 heavy (non-hydrogen) atoms. The Kier molecular flexibility index (Phi) is 3.91. The van der Waals surface area contributed by atoms with Crippen molar-refractivity contribution in [1.29, 1.82) is 0 Å². The first-order valence-electron chi connectivity index (χ1n) is 5.61. The summed E-state index contributed by atoms with van der Waals surface area (Å²) in [4.78, 5) is -0.436. The van der Waals surface area contributed by atoms with Crippen molar-refractivity contribution in [1.82, 2.24) is 4.72 Å². The molecule has 4 nitrogen and oxygen atoms in total. The van der Waals surface area contributed by atoms with Crippen LogP contribution < -0.4 is 10.5 Å². The van der Waals surface area contributed by atoms with E-state index in [4.69, 9.17) is 17.3 Å². The molecule has 1 aliphatic rings. The minimum atomic E-state index is -3.92. The van der Waals surface area contributed by atoms with Crippen LogP contribution in [0, 0.1) is 11.7 Å². The van der Waals surface area contributed by atoms with E-state index in [9.17, 15) is 12.8 Å². The van der Waals surface area contributed by atoms with Gasteiger partial charge in [-0.2, -0.15) is 0 Å². The molecule has 2 rings (SSSR count). The standard InChI is InChI=1S/C11H14ClFN2O2S/c12-8-3-4-9(13)11(5-8)18(16,17)15-10(6-14)7-1-2-7/h3-5,7,10,15H,1-2,6,14H2. The Hall–Kier alpha value is -0.690. The molecule has 1 unspecified atom stereocenters. The van der Waals surface area contributed by atoms with Gasteiger partial charge in [0.05, 0.1) is 0 Å². The average Bonchev–Trinajstić information content (AvgIpc) is 3.13. The highest BCUT2D eigenvalue weighted by molar-refractivity contribution is 7.89. The van der Waals surface area contributed by atoms with E-state index in [-0.39, 0.29) is 23.5 Å². The topological polar surface area (TPSA) is 72.2 Å². The maximum absolute atomic E-state index is 13.5. The van der Waals surface area contributed by atoms with Crippen molar-refractivity contribution < 1.29 is 12.8 Å². The Morgan fingerprint density at radius 3 is 2.72 bits per heavy atom. The van der Waals surface area contributed by atoms with Gasteiger partial charge in [0, 0.05) is 17.6 Å². The van der Waals surface area contributed by atoms with E-state index in [2.05, 4.69) is 4.72 Å². The summed E-state index contributed by atoms with van der Waals surface area (Å²) in [5.74, 6) is -0.564. The van der Waals surface area contributed by atoms with Gasteiger partial charge in [-0.1, -0.05) is 11.6 Å². The number of nitrogens with one attached hydrogen (secondary N) is 1. The fourth-order valence-electron chi connectivity index (χ4n) is 1.78. The number of rotatable bonds is 5. The number of sulfonamides is 1. The summed E-state index contributed by atoms with van der Waals surface area (Å²) < 4.78 is 40.0. The van der Waals surface area contributed by atoms with Crippen LogP contribution in [0.3, 0.4) is 0 Å².